The van der Waals surface area contributed by atoms with Crippen molar-refractivity contribution >= 4 is 27.3 Å². The van der Waals surface area contributed by atoms with E-state index in [1.165, 1.54) is 12.1 Å². The van der Waals surface area contributed by atoms with Crippen LogP contribution in [-0.2, 0) is 14.8 Å². The zero-order valence-electron chi connectivity index (χ0n) is 16.9. The zero-order chi connectivity index (χ0) is 22.7. The maximum atomic E-state index is 12.8. The van der Waals surface area contributed by atoms with Crippen LogP contribution in [0.25, 0.3) is 0 Å². The number of alkyl halides is 3. The molecule has 164 valence electrons. The Bertz CT molecular complexity index is 1010. The van der Waals surface area contributed by atoms with E-state index in [4.69, 9.17) is 0 Å². The molecular weight excluding hydrogens is 421 g/mol. The Morgan fingerprint density at radius 3 is 2.17 bits per heavy atom. The summed E-state index contributed by atoms with van der Waals surface area (Å²) in [6.07, 6.45) is -3.62. The molecule has 10 heteroatoms. The van der Waals surface area contributed by atoms with Gasteiger partial charge in [-0.2, -0.15) is 0 Å². The van der Waals surface area contributed by atoms with E-state index in [2.05, 4.69) is 10.1 Å². The van der Waals surface area contributed by atoms with Crippen LogP contribution in [0.1, 0.15) is 24.5 Å². The number of nitrogens with zero attached hydrogens (tertiary/aromatic N) is 1. The monoisotopic (exact) mass is 444 g/mol. The van der Waals surface area contributed by atoms with E-state index in [0.29, 0.717) is 5.69 Å². The molecule has 1 unspecified atom stereocenters. The summed E-state index contributed by atoms with van der Waals surface area (Å²) in [6.45, 7) is 5.40. The largest absolute Gasteiger partial charge is 0.573 e. The van der Waals surface area contributed by atoms with Crippen molar-refractivity contribution in [3.63, 3.8) is 0 Å². The Labute approximate surface area is 173 Å². The normalized spacial score (nSPS) is 12.9. The topological polar surface area (TPSA) is 75.7 Å². The predicted molar refractivity (Wildman–Crippen MR) is 109 cm³/mol. The molecule has 0 spiro atoms. The molecule has 0 saturated heterocycles. The minimum Gasteiger partial charge on any atom is -0.406 e. The van der Waals surface area contributed by atoms with Crippen LogP contribution in [0.5, 0.6) is 5.75 Å². The first-order chi connectivity index (χ1) is 13.8. The summed E-state index contributed by atoms with van der Waals surface area (Å²) in [5.41, 5.74) is 2.42. The molecule has 2 aromatic rings. The summed E-state index contributed by atoms with van der Waals surface area (Å²) >= 11 is 0. The van der Waals surface area contributed by atoms with E-state index >= 15 is 0 Å². The van der Waals surface area contributed by atoms with Crippen LogP contribution >= 0.6 is 0 Å². The quantitative estimate of drug-likeness (QED) is 0.688. The van der Waals surface area contributed by atoms with Crippen LogP contribution in [0.2, 0.25) is 0 Å². The fraction of sp³-hybridized carbons (Fsp3) is 0.350. The Kier molecular flexibility index (Phi) is 7.02. The molecule has 1 amide bonds. The standard InChI is InChI=1S/C20H23F3N2O4S/c1-5-18(25(30(4,27)28)16-9-6-13(2)14(3)12-16)19(26)24-15-7-10-17(11-8-15)29-20(21,22)23/h6-12,18H,5H2,1-4H3,(H,24,26). The first kappa shape index (κ1) is 23.5. The molecule has 0 heterocycles. The van der Waals surface area contributed by atoms with Gasteiger partial charge in [-0.15, -0.1) is 13.2 Å². The number of hydrogen-bond acceptors (Lipinski definition) is 4. The highest BCUT2D eigenvalue weighted by Crippen LogP contribution is 2.27. The molecule has 0 aliphatic carbocycles. The summed E-state index contributed by atoms with van der Waals surface area (Å²) in [5, 5.41) is 2.55. The molecule has 0 aliphatic rings. The van der Waals surface area contributed by atoms with Crippen LogP contribution in [0, 0.1) is 13.8 Å². The Morgan fingerprint density at radius 2 is 1.70 bits per heavy atom. The van der Waals surface area contributed by atoms with Crippen LogP contribution in [0.4, 0.5) is 24.5 Å². The number of amides is 1. The zero-order valence-corrected chi connectivity index (χ0v) is 17.8. The highest BCUT2D eigenvalue weighted by atomic mass is 32.2. The lowest BCUT2D eigenvalue weighted by Gasteiger charge is -2.30. The van der Waals surface area contributed by atoms with E-state index in [9.17, 15) is 26.4 Å². The molecule has 1 N–H and O–H groups in total. The van der Waals surface area contributed by atoms with Crippen LogP contribution in [0.3, 0.4) is 0 Å². The van der Waals surface area contributed by atoms with Crippen LogP contribution in [-0.4, -0.2) is 33.0 Å². The van der Waals surface area contributed by atoms with Gasteiger partial charge in [-0.05, 0) is 67.8 Å². The molecule has 0 aliphatic heterocycles. The van der Waals surface area contributed by atoms with Crippen molar-refractivity contribution in [1.29, 1.82) is 0 Å². The van der Waals surface area contributed by atoms with Crippen molar-refractivity contribution in [1.82, 2.24) is 0 Å². The SMILES string of the molecule is CCC(C(=O)Nc1ccc(OC(F)(F)F)cc1)N(c1ccc(C)c(C)c1)S(C)(=O)=O. The summed E-state index contributed by atoms with van der Waals surface area (Å²) in [5.74, 6) is -1.04. The minimum absolute atomic E-state index is 0.182. The van der Waals surface area contributed by atoms with Crippen molar-refractivity contribution < 1.29 is 31.1 Å². The van der Waals surface area contributed by atoms with Gasteiger partial charge in [0, 0.05) is 5.69 Å². The van der Waals surface area contributed by atoms with Gasteiger partial charge in [0.2, 0.25) is 15.9 Å². The molecule has 2 aromatic carbocycles. The second-order valence-corrected chi connectivity index (χ2v) is 8.67. The van der Waals surface area contributed by atoms with Gasteiger partial charge in [-0.1, -0.05) is 13.0 Å². The summed E-state index contributed by atoms with van der Waals surface area (Å²) in [4.78, 5) is 12.8. The predicted octanol–water partition coefficient (Wildman–Crippen LogP) is 4.39. The highest BCUT2D eigenvalue weighted by molar-refractivity contribution is 7.92. The molecule has 2 rings (SSSR count). The van der Waals surface area contributed by atoms with Crippen molar-refractivity contribution in [2.75, 3.05) is 15.9 Å². The van der Waals surface area contributed by atoms with Gasteiger partial charge in [0.25, 0.3) is 0 Å². The van der Waals surface area contributed by atoms with Gasteiger partial charge in [-0.25, -0.2) is 8.42 Å². The van der Waals surface area contributed by atoms with Gasteiger partial charge in [-0.3, -0.25) is 9.10 Å². The molecule has 0 bridgehead atoms. The number of hydrogen-bond donors (Lipinski definition) is 1. The van der Waals surface area contributed by atoms with Crippen molar-refractivity contribution in [2.45, 2.75) is 39.6 Å². The first-order valence-electron chi connectivity index (χ1n) is 9.05. The minimum atomic E-state index is -4.82. The number of nitrogens with one attached hydrogen (secondary N) is 1. The number of benzene rings is 2. The van der Waals surface area contributed by atoms with Crippen LogP contribution < -0.4 is 14.4 Å². The number of aryl methyl sites for hydroxylation is 2. The van der Waals surface area contributed by atoms with Crippen LogP contribution in [0.15, 0.2) is 42.5 Å². The average Bonchev–Trinajstić information content (AvgIpc) is 2.61. The number of anilines is 2. The first-order valence-corrected chi connectivity index (χ1v) is 10.9. The maximum absolute atomic E-state index is 12.8. The van der Waals surface area contributed by atoms with Crippen molar-refractivity contribution in [3.8, 4) is 5.75 Å². The third-order valence-corrected chi connectivity index (χ3v) is 5.61. The fourth-order valence-corrected chi connectivity index (χ4v) is 4.09. The second-order valence-electron chi connectivity index (χ2n) is 6.81. The van der Waals surface area contributed by atoms with E-state index in [1.807, 2.05) is 13.8 Å². The van der Waals surface area contributed by atoms with Gasteiger partial charge < -0.3 is 10.1 Å². The number of rotatable bonds is 7. The molecule has 0 fully saturated rings. The van der Waals surface area contributed by atoms with Gasteiger partial charge >= 0.3 is 6.36 Å². The lowest BCUT2D eigenvalue weighted by Crippen LogP contribution is -2.47. The van der Waals surface area contributed by atoms with Gasteiger partial charge in [0.1, 0.15) is 11.8 Å². The highest BCUT2D eigenvalue weighted by Gasteiger charge is 2.32. The second kappa shape index (κ2) is 8.95. The third-order valence-electron chi connectivity index (χ3n) is 4.43. The smallest absolute Gasteiger partial charge is 0.406 e. The molecule has 1 atom stereocenters. The van der Waals surface area contributed by atoms with E-state index < -0.39 is 34.1 Å². The lowest BCUT2D eigenvalue weighted by molar-refractivity contribution is -0.274. The number of halogens is 3. The number of sulfonamides is 1. The van der Waals surface area contributed by atoms with Gasteiger partial charge in [0.15, 0.2) is 0 Å². The average molecular weight is 444 g/mol. The molecular formula is C20H23F3N2O4S. The van der Waals surface area contributed by atoms with E-state index in [0.717, 1.165) is 33.8 Å². The number of carbonyl (C=O) groups excluding carboxylic acids is 1. The van der Waals surface area contributed by atoms with Crippen molar-refractivity contribution in [2.24, 2.45) is 0 Å². The summed E-state index contributed by atoms with van der Waals surface area (Å²) in [7, 11) is -3.80. The Morgan fingerprint density at radius 1 is 1.10 bits per heavy atom. The number of carbonyl (C=O) groups is 1. The number of ether oxygens (including phenoxy) is 1. The van der Waals surface area contributed by atoms with E-state index in [1.54, 1.807) is 25.1 Å². The Balaban J connectivity index is 2.28. The summed E-state index contributed by atoms with van der Waals surface area (Å²) < 4.78 is 66.6. The van der Waals surface area contributed by atoms with Gasteiger partial charge in [0.05, 0.1) is 11.9 Å². The molecule has 0 saturated carbocycles. The molecule has 0 radical (unpaired) electrons. The van der Waals surface area contributed by atoms with E-state index in [-0.39, 0.29) is 12.1 Å². The molecule has 30 heavy (non-hydrogen) atoms. The molecule has 0 aromatic heterocycles. The Hall–Kier alpha value is -2.75. The van der Waals surface area contributed by atoms with Crippen molar-refractivity contribution in [3.05, 3.63) is 53.6 Å². The molecule has 6 nitrogen and oxygen atoms in total. The third kappa shape index (κ3) is 6.12. The fourth-order valence-electron chi connectivity index (χ4n) is 2.89. The summed E-state index contributed by atoms with van der Waals surface area (Å²) in [6, 6.07) is 8.64. The maximum Gasteiger partial charge on any atom is 0.573 e. The lowest BCUT2D eigenvalue weighted by atomic mass is 10.1.